The molecule has 0 heterocycles. The molecule has 18 heavy (non-hydrogen) atoms. The quantitative estimate of drug-likeness (QED) is 0.753. The maximum absolute atomic E-state index is 5.67. The zero-order valence-corrected chi connectivity index (χ0v) is 11.7. The molecular formula is C15H23NO2. The van der Waals surface area contributed by atoms with Gasteiger partial charge in [0.05, 0.1) is 13.2 Å². The zero-order chi connectivity index (χ0) is 13.5. The molecule has 0 bridgehead atoms. The van der Waals surface area contributed by atoms with Crippen molar-refractivity contribution in [3.8, 4) is 11.5 Å². The minimum absolute atomic E-state index is 0.145. The summed E-state index contributed by atoms with van der Waals surface area (Å²) in [6.07, 6.45) is 0.145. The third-order valence-corrected chi connectivity index (χ3v) is 2.35. The van der Waals surface area contributed by atoms with Crippen molar-refractivity contribution in [2.45, 2.75) is 33.4 Å². The minimum atomic E-state index is 0.145. The molecule has 0 saturated heterocycles. The van der Waals surface area contributed by atoms with Crippen molar-refractivity contribution < 1.29 is 9.47 Å². The van der Waals surface area contributed by atoms with Gasteiger partial charge in [-0.15, -0.1) is 0 Å². The molecule has 0 unspecified atom stereocenters. The lowest BCUT2D eigenvalue weighted by molar-refractivity contribution is 0.230. The van der Waals surface area contributed by atoms with Crippen LogP contribution in [-0.2, 0) is 6.54 Å². The fourth-order valence-corrected chi connectivity index (χ4v) is 1.59. The van der Waals surface area contributed by atoms with E-state index >= 15 is 0 Å². The van der Waals surface area contributed by atoms with E-state index in [0.29, 0.717) is 0 Å². The molecule has 0 aliphatic carbocycles. The predicted octanol–water partition coefficient (Wildman–Crippen LogP) is 3.15. The van der Waals surface area contributed by atoms with Gasteiger partial charge in [-0.25, -0.2) is 0 Å². The van der Waals surface area contributed by atoms with Crippen LogP contribution in [0.15, 0.2) is 30.4 Å². The maximum Gasteiger partial charge on any atom is 0.161 e. The van der Waals surface area contributed by atoms with Crippen LogP contribution in [0.25, 0.3) is 0 Å². The summed E-state index contributed by atoms with van der Waals surface area (Å²) >= 11 is 0. The summed E-state index contributed by atoms with van der Waals surface area (Å²) in [5.74, 6) is 1.56. The van der Waals surface area contributed by atoms with E-state index in [2.05, 4.69) is 11.9 Å². The third-order valence-electron chi connectivity index (χ3n) is 2.35. The van der Waals surface area contributed by atoms with Gasteiger partial charge in [-0.05, 0) is 38.5 Å². The molecular weight excluding hydrogens is 226 g/mol. The molecule has 0 amide bonds. The van der Waals surface area contributed by atoms with E-state index in [1.807, 2.05) is 39.0 Å². The molecule has 100 valence electrons. The van der Waals surface area contributed by atoms with Crippen LogP contribution < -0.4 is 14.8 Å². The van der Waals surface area contributed by atoms with Crippen molar-refractivity contribution >= 4 is 0 Å². The molecule has 3 heteroatoms. The molecule has 1 aromatic rings. The highest BCUT2D eigenvalue weighted by molar-refractivity contribution is 5.43. The van der Waals surface area contributed by atoms with Crippen LogP contribution in [0.5, 0.6) is 11.5 Å². The molecule has 1 rings (SSSR count). The molecule has 0 aliphatic heterocycles. The molecule has 0 atom stereocenters. The highest BCUT2D eigenvalue weighted by atomic mass is 16.5. The Bertz CT molecular complexity index is 399. The molecule has 0 aliphatic rings. The monoisotopic (exact) mass is 249 g/mol. The Hall–Kier alpha value is -1.48. The largest absolute Gasteiger partial charge is 0.493 e. The van der Waals surface area contributed by atoms with Crippen LogP contribution in [0.2, 0.25) is 0 Å². The molecule has 1 N–H and O–H groups in total. The van der Waals surface area contributed by atoms with Gasteiger partial charge < -0.3 is 14.8 Å². The summed E-state index contributed by atoms with van der Waals surface area (Å²) in [6, 6.07) is 6.01. The summed E-state index contributed by atoms with van der Waals surface area (Å²) in [6.45, 7) is 11.5. The lowest BCUT2D eigenvalue weighted by Gasteiger charge is -2.14. The molecule has 0 spiro atoms. The minimum Gasteiger partial charge on any atom is -0.493 e. The Kier molecular flexibility index (Phi) is 5.72. The van der Waals surface area contributed by atoms with E-state index in [-0.39, 0.29) is 6.10 Å². The fourth-order valence-electron chi connectivity index (χ4n) is 1.59. The molecule has 0 fully saturated rings. The summed E-state index contributed by atoms with van der Waals surface area (Å²) in [4.78, 5) is 0. The van der Waals surface area contributed by atoms with E-state index in [1.165, 1.54) is 5.56 Å². The average Bonchev–Trinajstić information content (AvgIpc) is 2.29. The van der Waals surface area contributed by atoms with E-state index in [9.17, 15) is 0 Å². The summed E-state index contributed by atoms with van der Waals surface area (Å²) < 4.78 is 11.0. The number of benzene rings is 1. The summed E-state index contributed by atoms with van der Waals surface area (Å²) in [7, 11) is 1.66. The van der Waals surface area contributed by atoms with Crippen LogP contribution >= 0.6 is 0 Å². The standard InChI is InChI=1S/C15H23NO2/c1-11(2)9-16-10-13-6-7-14(18-12(3)4)15(8-13)17-5/h6-8,12,16H,1,9-10H2,2-5H3. The van der Waals surface area contributed by atoms with Gasteiger partial charge in [0.2, 0.25) is 0 Å². The second kappa shape index (κ2) is 7.07. The van der Waals surface area contributed by atoms with E-state index in [4.69, 9.17) is 9.47 Å². The highest BCUT2D eigenvalue weighted by Gasteiger charge is 2.07. The molecule has 1 aromatic carbocycles. The first-order chi connectivity index (χ1) is 8.52. The highest BCUT2D eigenvalue weighted by Crippen LogP contribution is 2.28. The van der Waals surface area contributed by atoms with Gasteiger partial charge in [0.25, 0.3) is 0 Å². The Labute approximate surface area is 110 Å². The number of hydrogen-bond acceptors (Lipinski definition) is 3. The Morgan fingerprint density at radius 3 is 2.61 bits per heavy atom. The van der Waals surface area contributed by atoms with Crippen LogP contribution in [0.4, 0.5) is 0 Å². The SMILES string of the molecule is C=C(C)CNCc1ccc(OC(C)C)c(OC)c1. The number of ether oxygens (including phenoxy) is 2. The first-order valence-corrected chi connectivity index (χ1v) is 6.21. The molecule has 0 saturated carbocycles. The van der Waals surface area contributed by atoms with E-state index in [1.54, 1.807) is 7.11 Å². The molecule has 0 aromatic heterocycles. The van der Waals surface area contributed by atoms with Crippen molar-refractivity contribution in [2.24, 2.45) is 0 Å². The maximum atomic E-state index is 5.67. The normalized spacial score (nSPS) is 10.5. The third kappa shape index (κ3) is 4.80. The van der Waals surface area contributed by atoms with Crippen LogP contribution in [0.1, 0.15) is 26.3 Å². The predicted molar refractivity (Wildman–Crippen MR) is 75.3 cm³/mol. The van der Waals surface area contributed by atoms with Crippen molar-refractivity contribution in [3.05, 3.63) is 35.9 Å². The van der Waals surface area contributed by atoms with Gasteiger partial charge in [-0.3, -0.25) is 0 Å². The van der Waals surface area contributed by atoms with Crippen molar-refractivity contribution in [1.82, 2.24) is 5.32 Å². The summed E-state index contributed by atoms with van der Waals surface area (Å²) in [5.41, 5.74) is 2.30. The number of methoxy groups -OCH3 is 1. The van der Waals surface area contributed by atoms with Gasteiger partial charge in [-0.1, -0.05) is 18.2 Å². The lowest BCUT2D eigenvalue weighted by Crippen LogP contribution is -2.15. The average molecular weight is 249 g/mol. The first-order valence-electron chi connectivity index (χ1n) is 6.21. The Balaban J connectivity index is 2.69. The van der Waals surface area contributed by atoms with Gasteiger partial charge in [-0.2, -0.15) is 0 Å². The van der Waals surface area contributed by atoms with Gasteiger partial charge in [0.15, 0.2) is 11.5 Å². The van der Waals surface area contributed by atoms with Crippen LogP contribution in [0.3, 0.4) is 0 Å². The van der Waals surface area contributed by atoms with E-state index in [0.717, 1.165) is 30.2 Å². The summed E-state index contributed by atoms with van der Waals surface area (Å²) in [5, 5.41) is 3.32. The fraction of sp³-hybridized carbons (Fsp3) is 0.467. The smallest absolute Gasteiger partial charge is 0.161 e. The first kappa shape index (κ1) is 14.6. The van der Waals surface area contributed by atoms with Crippen molar-refractivity contribution in [3.63, 3.8) is 0 Å². The van der Waals surface area contributed by atoms with Crippen molar-refractivity contribution in [2.75, 3.05) is 13.7 Å². The van der Waals surface area contributed by atoms with E-state index < -0.39 is 0 Å². The number of hydrogen-bond donors (Lipinski definition) is 1. The van der Waals surface area contributed by atoms with Crippen molar-refractivity contribution in [1.29, 1.82) is 0 Å². The lowest BCUT2D eigenvalue weighted by atomic mass is 10.2. The number of rotatable bonds is 7. The van der Waals surface area contributed by atoms with Gasteiger partial charge >= 0.3 is 0 Å². The second-order valence-electron chi connectivity index (χ2n) is 4.71. The molecule has 3 nitrogen and oxygen atoms in total. The zero-order valence-electron chi connectivity index (χ0n) is 11.7. The topological polar surface area (TPSA) is 30.5 Å². The second-order valence-corrected chi connectivity index (χ2v) is 4.71. The van der Waals surface area contributed by atoms with Gasteiger partial charge in [0, 0.05) is 13.1 Å². The molecule has 0 radical (unpaired) electrons. The van der Waals surface area contributed by atoms with Crippen LogP contribution in [-0.4, -0.2) is 19.8 Å². The Morgan fingerprint density at radius 1 is 1.33 bits per heavy atom. The number of nitrogens with one attached hydrogen (secondary N) is 1. The van der Waals surface area contributed by atoms with Crippen LogP contribution in [0, 0.1) is 0 Å². The van der Waals surface area contributed by atoms with Gasteiger partial charge in [0.1, 0.15) is 0 Å². The Morgan fingerprint density at radius 2 is 2.06 bits per heavy atom.